The number of benzene rings is 1. The molecule has 0 aliphatic rings. The number of ether oxygens (including phenoxy) is 1. The molecule has 0 unspecified atom stereocenters. The summed E-state index contributed by atoms with van der Waals surface area (Å²) in [5, 5.41) is 0. The van der Waals surface area contributed by atoms with E-state index in [-0.39, 0.29) is 5.78 Å². The summed E-state index contributed by atoms with van der Waals surface area (Å²) < 4.78 is 5.02. The van der Waals surface area contributed by atoms with Crippen molar-refractivity contribution < 1.29 is 14.3 Å². The van der Waals surface area contributed by atoms with E-state index in [2.05, 4.69) is 9.97 Å². The quantitative estimate of drug-likeness (QED) is 0.624. The van der Waals surface area contributed by atoms with E-state index in [4.69, 9.17) is 4.74 Å². The molecule has 2 rings (SSSR count). The third kappa shape index (κ3) is 3.71. The van der Waals surface area contributed by atoms with Crippen LogP contribution in [0, 0.1) is 0 Å². The van der Waals surface area contributed by atoms with Gasteiger partial charge in [-0.25, -0.2) is 14.8 Å². The second-order valence-electron chi connectivity index (χ2n) is 5.18. The van der Waals surface area contributed by atoms with Gasteiger partial charge in [0, 0.05) is 31.4 Å². The van der Waals surface area contributed by atoms with Crippen molar-refractivity contribution in [2.24, 2.45) is 0 Å². The Morgan fingerprint density at radius 1 is 1.17 bits per heavy atom. The molecule has 0 N–H and O–H groups in total. The molecule has 23 heavy (non-hydrogen) atoms. The molecular formula is C17H19N3O3. The van der Waals surface area contributed by atoms with Crippen LogP contribution in [0.5, 0.6) is 0 Å². The van der Waals surface area contributed by atoms with Crippen molar-refractivity contribution in [3.05, 3.63) is 41.6 Å². The number of anilines is 1. The van der Waals surface area contributed by atoms with Crippen LogP contribution >= 0.6 is 0 Å². The molecule has 0 spiro atoms. The Hall–Kier alpha value is -2.76. The first-order valence-corrected chi connectivity index (χ1v) is 7.27. The van der Waals surface area contributed by atoms with Gasteiger partial charge < -0.3 is 9.64 Å². The molecule has 6 heteroatoms. The van der Waals surface area contributed by atoms with Crippen molar-refractivity contribution in [3.63, 3.8) is 0 Å². The SMILES string of the molecule is CCOC(=O)c1cnc(-c2ccc(C(C)=O)cc2)nc1N(C)C. The van der Waals surface area contributed by atoms with Gasteiger partial charge in [0.25, 0.3) is 0 Å². The van der Waals surface area contributed by atoms with E-state index >= 15 is 0 Å². The molecule has 0 saturated carbocycles. The number of ketones is 1. The monoisotopic (exact) mass is 313 g/mol. The van der Waals surface area contributed by atoms with Crippen molar-refractivity contribution in [2.75, 3.05) is 25.6 Å². The van der Waals surface area contributed by atoms with Gasteiger partial charge in [0.05, 0.1) is 6.61 Å². The second kappa shape index (κ2) is 7.00. The lowest BCUT2D eigenvalue weighted by atomic mass is 10.1. The maximum Gasteiger partial charge on any atom is 0.343 e. The van der Waals surface area contributed by atoms with Gasteiger partial charge >= 0.3 is 5.97 Å². The lowest BCUT2D eigenvalue weighted by molar-refractivity contribution is 0.0526. The van der Waals surface area contributed by atoms with E-state index in [1.807, 2.05) is 0 Å². The van der Waals surface area contributed by atoms with Crippen LogP contribution in [0.2, 0.25) is 0 Å². The van der Waals surface area contributed by atoms with Crippen LogP contribution in [0.15, 0.2) is 30.5 Å². The van der Waals surface area contributed by atoms with Crippen molar-refractivity contribution in [1.82, 2.24) is 9.97 Å². The topological polar surface area (TPSA) is 72.4 Å². The summed E-state index contributed by atoms with van der Waals surface area (Å²) in [5.74, 6) is 0.528. The minimum Gasteiger partial charge on any atom is -0.462 e. The van der Waals surface area contributed by atoms with E-state index < -0.39 is 5.97 Å². The highest BCUT2D eigenvalue weighted by Crippen LogP contribution is 2.22. The van der Waals surface area contributed by atoms with Crippen LogP contribution in [0.4, 0.5) is 5.82 Å². The minimum absolute atomic E-state index is 0.00380. The highest BCUT2D eigenvalue weighted by atomic mass is 16.5. The molecule has 2 aromatic rings. The zero-order chi connectivity index (χ0) is 17.0. The Labute approximate surface area is 135 Å². The minimum atomic E-state index is -0.449. The fourth-order valence-electron chi connectivity index (χ4n) is 2.06. The zero-order valence-electron chi connectivity index (χ0n) is 13.7. The van der Waals surface area contributed by atoms with Crippen LogP contribution < -0.4 is 4.90 Å². The first-order chi connectivity index (χ1) is 10.9. The third-order valence-corrected chi connectivity index (χ3v) is 3.24. The van der Waals surface area contributed by atoms with Crippen molar-refractivity contribution >= 4 is 17.6 Å². The third-order valence-electron chi connectivity index (χ3n) is 3.24. The standard InChI is InChI=1S/C17H19N3O3/c1-5-23-17(22)14-10-18-15(19-16(14)20(3)4)13-8-6-12(7-9-13)11(2)21/h6-10H,5H2,1-4H3. The molecule has 0 fully saturated rings. The molecule has 0 bridgehead atoms. The maximum absolute atomic E-state index is 12.0. The molecular weight excluding hydrogens is 294 g/mol. The lowest BCUT2D eigenvalue weighted by Crippen LogP contribution is -2.18. The van der Waals surface area contributed by atoms with Crippen LogP contribution in [-0.4, -0.2) is 42.4 Å². The summed E-state index contributed by atoms with van der Waals surface area (Å²) in [7, 11) is 3.60. The van der Waals surface area contributed by atoms with Gasteiger partial charge in [0.1, 0.15) is 11.4 Å². The number of esters is 1. The van der Waals surface area contributed by atoms with Crippen LogP contribution in [0.25, 0.3) is 11.4 Å². The van der Waals surface area contributed by atoms with E-state index in [9.17, 15) is 9.59 Å². The predicted molar refractivity (Wildman–Crippen MR) is 87.8 cm³/mol. The van der Waals surface area contributed by atoms with Crippen molar-refractivity contribution in [2.45, 2.75) is 13.8 Å². The molecule has 0 saturated heterocycles. The number of rotatable bonds is 5. The molecule has 0 aliphatic carbocycles. The fourth-order valence-corrected chi connectivity index (χ4v) is 2.06. The summed E-state index contributed by atoms with van der Waals surface area (Å²) in [6.45, 7) is 3.56. The zero-order valence-corrected chi connectivity index (χ0v) is 13.7. The first kappa shape index (κ1) is 16.6. The Bertz CT molecular complexity index is 724. The second-order valence-corrected chi connectivity index (χ2v) is 5.18. The van der Waals surface area contributed by atoms with E-state index in [1.165, 1.54) is 13.1 Å². The Morgan fingerprint density at radius 3 is 2.35 bits per heavy atom. The van der Waals surface area contributed by atoms with Gasteiger partial charge in [-0.2, -0.15) is 0 Å². The Balaban J connectivity index is 2.42. The van der Waals surface area contributed by atoms with Crippen molar-refractivity contribution in [3.8, 4) is 11.4 Å². The van der Waals surface area contributed by atoms with E-state index in [1.54, 1.807) is 50.2 Å². The lowest BCUT2D eigenvalue weighted by Gasteiger charge is -2.16. The Kier molecular flexibility index (Phi) is 5.05. The number of nitrogens with zero attached hydrogens (tertiary/aromatic N) is 3. The average molecular weight is 313 g/mol. The highest BCUT2D eigenvalue weighted by Gasteiger charge is 2.18. The number of aromatic nitrogens is 2. The van der Waals surface area contributed by atoms with Gasteiger partial charge in [-0.3, -0.25) is 4.79 Å². The fraction of sp³-hybridized carbons (Fsp3) is 0.294. The van der Waals surface area contributed by atoms with E-state index in [0.29, 0.717) is 29.4 Å². The number of hydrogen-bond acceptors (Lipinski definition) is 6. The molecule has 0 aliphatic heterocycles. The number of Topliss-reactive ketones (excluding diaryl/α,β-unsaturated/α-hetero) is 1. The van der Waals surface area contributed by atoms with Crippen LogP contribution in [0.1, 0.15) is 34.6 Å². The first-order valence-electron chi connectivity index (χ1n) is 7.27. The molecule has 1 heterocycles. The van der Waals surface area contributed by atoms with Gasteiger partial charge in [0.2, 0.25) is 0 Å². The number of hydrogen-bond donors (Lipinski definition) is 0. The molecule has 1 aromatic heterocycles. The van der Waals surface area contributed by atoms with Gasteiger partial charge in [-0.15, -0.1) is 0 Å². The summed E-state index contributed by atoms with van der Waals surface area (Å²) >= 11 is 0. The number of carbonyl (C=O) groups is 2. The summed E-state index contributed by atoms with van der Waals surface area (Å²) in [6.07, 6.45) is 1.47. The van der Waals surface area contributed by atoms with E-state index in [0.717, 1.165) is 5.56 Å². The molecule has 1 aromatic carbocycles. The van der Waals surface area contributed by atoms with Gasteiger partial charge in [-0.1, -0.05) is 24.3 Å². The molecule has 0 atom stereocenters. The van der Waals surface area contributed by atoms with Crippen molar-refractivity contribution in [1.29, 1.82) is 0 Å². The normalized spacial score (nSPS) is 10.3. The molecule has 6 nitrogen and oxygen atoms in total. The van der Waals surface area contributed by atoms with Crippen LogP contribution in [0.3, 0.4) is 0 Å². The smallest absolute Gasteiger partial charge is 0.343 e. The highest BCUT2D eigenvalue weighted by molar-refractivity contribution is 5.95. The Morgan fingerprint density at radius 2 is 1.83 bits per heavy atom. The summed E-state index contributed by atoms with van der Waals surface area (Å²) in [5.41, 5.74) is 1.72. The van der Waals surface area contributed by atoms with Crippen LogP contribution in [-0.2, 0) is 4.74 Å². The van der Waals surface area contributed by atoms with Gasteiger partial charge in [-0.05, 0) is 13.8 Å². The summed E-state index contributed by atoms with van der Waals surface area (Å²) in [4.78, 5) is 33.7. The average Bonchev–Trinajstić information content (AvgIpc) is 2.54. The summed E-state index contributed by atoms with van der Waals surface area (Å²) in [6, 6.07) is 7.04. The maximum atomic E-state index is 12.0. The van der Waals surface area contributed by atoms with Gasteiger partial charge in [0.15, 0.2) is 11.6 Å². The predicted octanol–water partition coefficient (Wildman–Crippen LogP) is 2.59. The molecule has 0 amide bonds. The molecule has 0 radical (unpaired) electrons. The number of carbonyl (C=O) groups excluding carboxylic acids is 2. The molecule has 120 valence electrons. The largest absolute Gasteiger partial charge is 0.462 e.